The van der Waals surface area contributed by atoms with E-state index in [9.17, 15) is 9.59 Å². The molecule has 1 amide bonds. The lowest BCUT2D eigenvalue weighted by atomic mass is 10.0. The fourth-order valence-electron chi connectivity index (χ4n) is 2.64. The first-order valence-corrected chi connectivity index (χ1v) is 9.45. The van der Waals surface area contributed by atoms with Gasteiger partial charge >= 0.3 is 5.97 Å². The minimum absolute atomic E-state index is 0.0976. The summed E-state index contributed by atoms with van der Waals surface area (Å²) in [6.07, 6.45) is 0.732. The molecule has 6 nitrogen and oxygen atoms in total. The Morgan fingerprint density at radius 1 is 1.16 bits per heavy atom. The Bertz CT molecular complexity index is 595. The van der Waals surface area contributed by atoms with Crippen LogP contribution in [0.25, 0.3) is 0 Å². The van der Waals surface area contributed by atoms with Gasteiger partial charge in [0.1, 0.15) is 5.25 Å². The predicted molar refractivity (Wildman–Crippen MR) is 96.8 cm³/mol. The molecular weight excluding hydrogens is 342 g/mol. The smallest absolute Gasteiger partial charge is 0.319 e. The maximum absolute atomic E-state index is 12.1. The molecule has 0 radical (unpaired) electrons. The summed E-state index contributed by atoms with van der Waals surface area (Å²) < 4.78 is 16.1. The third-order valence-corrected chi connectivity index (χ3v) is 5.35. The van der Waals surface area contributed by atoms with Gasteiger partial charge in [-0.2, -0.15) is 0 Å². The number of nitrogens with one attached hydrogen (secondary N) is 1. The van der Waals surface area contributed by atoms with Crippen molar-refractivity contribution in [3.05, 3.63) is 24.3 Å². The van der Waals surface area contributed by atoms with E-state index in [2.05, 4.69) is 5.32 Å². The molecule has 1 heterocycles. The van der Waals surface area contributed by atoms with Gasteiger partial charge in [-0.1, -0.05) is 19.1 Å². The average Bonchev–Trinajstić information content (AvgIpc) is 2.95. The summed E-state index contributed by atoms with van der Waals surface area (Å²) in [5.74, 6) is 0.883. The number of carbonyl (C=O) groups excluding carboxylic acids is 2. The quantitative estimate of drug-likeness (QED) is 0.712. The van der Waals surface area contributed by atoms with Crippen LogP contribution < -0.4 is 14.8 Å². The second kappa shape index (κ2) is 9.56. The van der Waals surface area contributed by atoms with Crippen LogP contribution in [0.1, 0.15) is 27.2 Å². The van der Waals surface area contributed by atoms with Gasteiger partial charge in [0, 0.05) is 0 Å². The summed E-state index contributed by atoms with van der Waals surface area (Å²) in [5, 5.41) is 2.57. The van der Waals surface area contributed by atoms with Crippen LogP contribution in [0.4, 0.5) is 0 Å². The van der Waals surface area contributed by atoms with Crippen molar-refractivity contribution in [2.45, 2.75) is 37.8 Å². The lowest BCUT2D eigenvalue weighted by Crippen LogP contribution is -2.35. The second-order valence-electron chi connectivity index (χ2n) is 5.75. The van der Waals surface area contributed by atoms with Gasteiger partial charge in [-0.25, -0.2) is 0 Å². The number of amides is 1. The van der Waals surface area contributed by atoms with Gasteiger partial charge in [-0.05, 0) is 38.3 Å². The Hall–Kier alpha value is -1.89. The zero-order valence-electron chi connectivity index (χ0n) is 14.8. The van der Waals surface area contributed by atoms with Crippen molar-refractivity contribution in [2.75, 3.05) is 19.8 Å². The first kappa shape index (κ1) is 19.4. The van der Waals surface area contributed by atoms with Crippen LogP contribution in [0.5, 0.6) is 11.5 Å². The number of esters is 1. The topological polar surface area (TPSA) is 73.9 Å². The monoisotopic (exact) mass is 367 g/mol. The van der Waals surface area contributed by atoms with E-state index >= 15 is 0 Å². The number of ether oxygens (including phenoxy) is 3. The van der Waals surface area contributed by atoms with Crippen LogP contribution in [0, 0.1) is 5.92 Å². The van der Waals surface area contributed by atoms with Gasteiger partial charge < -0.3 is 19.5 Å². The van der Waals surface area contributed by atoms with E-state index < -0.39 is 0 Å². The van der Waals surface area contributed by atoms with Crippen LogP contribution in [0.15, 0.2) is 24.3 Å². The normalized spacial score (nSPS) is 22.3. The summed E-state index contributed by atoms with van der Waals surface area (Å²) in [5.41, 5.74) is 0. The number of hydrogen-bond donors (Lipinski definition) is 1. The molecule has 0 spiro atoms. The van der Waals surface area contributed by atoms with E-state index in [4.69, 9.17) is 14.2 Å². The van der Waals surface area contributed by atoms with Crippen molar-refractivity contribution < 1.29 is 23.8 Å². The molecule has 1 aromatic carbocycles. The van der Waals surface area contributed by atoms with Gasteiger partial charge in [-0.15, -0.1) is 11.8 Å². The highest BCUT2D eigenvalue weighted by atomic mass is 32.2. The minimum atomic E-state index is -0.232. The highest BCUT2D eigenvalue weighted by molar-refractivity contribution is 8.01. The van der Waals surface area contributed by atoms with Crippen molar-refractivity contribution in [3.8, 4) is 11.5 Å². The molecule has 1 saturated heterocycles. The molecule has 1 aromatic rings. The second-order valence-corrected chi connectivity index (χ2v) is 7.10. The lowest BCUT2D eigenvalue weighted by molar-refractivity contribution is -0.143. The zero-order chi connectivity index (χ0) is 18.2. The third kappa shape index (κ3) is 5.56. The molecule has 0 aliphatic carbocycles. The summed E-state index contributed by atoms with van der Waals surface area (Å²) in [4.78, 5) is 24.0. The minimum Gasteiger partial charge on any atom is -0.490 e. The molecule has 0 aromatic heterocycles. The van der Waals surface area contributed by atoms with Crippen LogP contribution >= 0.6 is 11.8 Å². The van der Waals surface area contributed by atoms with Crippen LogP contribution in [0.2, 0.25) is 0 Å². The molecule has 1 N–H and O–H groups in total. The molecular formula is C18H25NO5S. The summed E-state index contributed by atoms with van der Waals surface area (Å²) in [6, 6.07) is 7.24. The fourth-order valence-corrected chi connectivity index (χ4v) is 4.17. The van der Waals surface area contributed by atoms with Gasteiger partial charge in [0.05, 0.1) is 18.6 Å². The van der Waals surface area contributed by atoms with E-state index in [0.29, 0.717) is 24.7 Å². The Balaban J connectivity index is 1.82. The van der Waals surface area contributed by atoms with Crippen molar-refractivity contribution >= 4 is 23.6 Å². The van der Waals surface area contributed by atoms with E-state index in [1.54, 1.807) is 19.1 Å². The number of carbonyl (C=O) groups is 2. The van der Waals surface area contributed by atoms with E-state index in [1.807, 2.05) is 26.0 Å². The maximum Gasteiger partial charge on any atom is 0.319 e. The molecule has 138 valence electrons. The van der Waals surface area contributed by atoms with E-state index in [-0.39, 0.29) is 35.0 Å². The summed E-state index contributed by atoms with van der Waals surface area (Å²) in [7, 11) is 0. The number of para-hydroxylation sites is 2. The van der Waals surface area contributed by atoms with Crippen molar-refractivity contribution in [1.82, 2.24) is 5.32 Å². The van der Waals surface area contributed by atoms with Crippen molar-refractivity contribution in [1.29, 1.82) is 0 Å². The van der Waals surface area contributed by atoms with Crippen LogP contribution in [-0.2, 0) is 14.3 Å². The highest BCUT2D eigenvalue weighted by Crippen LogP contribution is 2.37. The molecule has 0 bridgehead atoms. The SMILES string of the molecule is CCOC(=O)C1SC(NC(=O)COc2ccccc2OCC)CC1C. The number of rotatable bonds is 8. The number of benzene rings is 1. The lowest BCUT2D eigenvalue weighted by Gasteiger charge is -2.14. The predicted octanol–water partition coefficient (Wildman–Crippen LogP) is 2.61. The molecule has 7 heteroatoms. The molecule has 3 unspecified atom stereocenters. The first-order chi connectivity index (χ1) is 12.0. The van der Waals surface area contributed by atoms with Crippen molar-refractivity contribution in [3.63, 3.8) is 0 Å². The molecule has 2 rings (SSSR count). The third-order valence-electron chi connectivity index (χ3n) is 3.76. The van der Waals surface area contributed by atoms with Gasteiger partial charge in [0.25, 0.3) is 5.91 Å². The first-order valence-electron chi connectivity index (χ1n) is 8.51. The van der Waals surface area contributed by atoms with Gasteiger partial charge in [-0.3, -0.25) is 9.59 Å². The van der Waals surface area contributed by atoms with E-state index in [0.717, 1.165) is 6.42 Å². The van der Waals surface area contributed by atoms with Crippen LogP contribution in [0.3, 0.4) is 0 Å². The molecule has 25 heavy (non-hydrogen) atoms. The van der Waals surface area contributed by atoms with E-state index in [1.165, 1.54) is 11.8 Å². The van der Waals surface area contributed by atoms with Crippen molar-refractivity contribution in [2.24, 2.45) is 5.92 Å². The largest absolute Gasteiger partial charge is 0.490 e. The standard InChI is InChI=1S/C18H25NO5S/c1-4-22-13-8-6-7-9-14(13)24-11-15(20)19-16-10-12(3)17(25-16)18(21)23-5-2/h6-9,12,16-17H,4-5,10-11H2,1-3H3,(H,19,20). The number of hydrogen-bond acceptors (Lipinski definition) is 6. The Labute approximate surface area is 152 Å². The van der Waals surface area contributed by atoms with Gasteiger partial charge in [0.2, 0.25) is 0 Å². The average molecular weight is 367 g/mol. The summed E-state index contributed by atoms with van der Waals surface area (Å²) in [6.45, 7) is 6.47. The Kier molecular flexibility index (Phi) is 7.43. The fraction of sp³-hybridized carbons (Fsp3) is 0.556. The zero-order valence-corrected chi connectivity index (χ0v) is 15.6. The summed E-state index contributed by atoms with van der Waals surface area (Å²) >= 11 is 1.44. The molecule has 1 aliphatic heterocycles. The Morgan fingerprint density at radius 2 is 1.84 bits per heavy atom. The van der Waals surface area contributed by atoms with Crippen LogP contribution in [-0.4, -0.2) is 42.3 Å². The number of thioether (sulfide) groups is 1. The highest BCUT2D eigenvalue weighted by Gasteiger charge is 2.38. The molecule has 1 fully saturated rings. The Morgan fingerprint density at radius 3 is 2.48 bits per heavy atom. The van der Waals surface area contributed by atoms with Gasteiger partial charge in [0.15, 0.2) is 18.1 Å². The maximum atomic E-state index is 12.1. The molecule has 0 saturated carbocycles. The molecule has 1 aliphatic rings. The molecule has 3 atom stereocenters.